The van der Waals surface area contributed by atoms with Crippen molar-refractivity contribution in [2.24, 2.45) is 0 Å². The predicted molar refractivity (Wildman–Crippen MR) is 114 cm³/mol. The molecule has 12 heteroatoms. The maximum Gasteiger partial charge on any atom is 0.258 e. The number of nitrogens with zero attached hydrogens (tertiary/aromatic N) is 4. The molecule has 0 amide bonds. The van der Waals surface area contributed by atoms with E-state index in [1.165, 1.54) is 10.7 Å². The molecule has 1 aliphatic heterocycles. The normalized spacial score (nSPS) is 24.7. The van der Waals surface area contributed by atoms with Crippen LogP contribution in [0.5, 0.6) is 0 Å². The second-order valence-electron chi connectivity index (χ2n) is 7.95. The van der Waals surface area contributed by atoms with Crippen molar-refractivity contribution in [3.8, 4) is 0 Å². The lowest BCUT2D eigenvalue weighted by Crippen LogP contribution is -2.32. The smallest absolute Gasteiger partial charge is 0.258 e. The second kappa shape index (κ2) is 7.87. The average molecular weight is 464 g/mol. The molecule has 168 valence electrons. The van der Waals surface area contributed by atoms with Gasteiger partial charge in [-0.3, -0.25) is 0 Å². The van der Waals surface area contributed by atoms with Crippen LogP contribution < -0.4 is 15.5 Å². The highest BCUT2D eigenvalue weighted by molar-refractivity contribution is 7.80. The lowest BCUT2D eigenvalue weighted by molar-refractivity contribution is 0.194. The number of thiocarbonyl (C=S) groups is 1. The fraction of sp³-hybridized carbons (Fsp3) is 0.350. The molecule has 3 aromatic rings. The molecular weight excluding hydrogens is 445 g/mol. The molecule has 4 atom stereocenters. The van der Waals surface area contributed by atoms with E-state index in [2.05, 4.69) is 20.7 Å². The zero-order valence-corrected chi connectivity index (χ0v) is 17.4. The number of halogens is 3. The molecule has 1 saturated heterocycles. The number of anilines is 2. The van der Waals surface area contributed by atoms with E-state index in [0.29, 0.717) is 12.2 Å². The van der Waals surface area contributed by atoms with Crippen molar-refractivity contribution in [3.63, 3.8) is 0 Å². The van der Waals surface area contributed by atoms with Gasteiger partial charge in [0.15, 0.2) is 10.8 Å². The predicted octanol–water partition coefficient (Wildman–Crippen LogP) is 1.88. The lowest BCUT2D eigenvalue weighted by Gasteiger charge is -2.26. The van der Waals surface area contributed by atoms with Crippen molar-refractivity contribution in [1.29, 1.82) is 0 Å². The second-order valence-corrected chi connectivity index (χ2v) is 8.36. The van der Waals surface area contributed by atoms with Gasteiger partial charge in [0.2, 0.25) is 0 Å². The van der Waals surface area contributed by atoms with Crippen LogP contribution in [-0.4, -0.2) is 54.7 Å². The lowest BCUT2D eigenvalue weighted by atomic mass is 10.0. The molecule has 2 fully saturated rings. The van der Waals surface area contributed by atoms with Crippen LogP contribution in [0.4, 0.5) is 24.7 Å². The first-order valence-electron chi connectivity index (χ1n) is 10.0. The maximum atomic E-state index is 14.5. The third kappa shape index (κ3) is 3.85. The summed E-state index contributed by atoms with van der Waals surface area (Å²) in [4.78, 5) is 6.11. The number of nitrogens with one attached hydrogen (secondary N) is 2. The van der Waals surface area contributed by atoms with Crippen LogP contribution in [0, 0.1) is 17.6 Å². The third-order valence-corrected chi connectivity index (χ3v) is 5.85. The van der Waals surface area contributed by atoms with Gasteiger partial charge in [-0.05, 0) is 49.3 Å². The van der Waals surface area contributed by atoms with Crippen molar-refractivity contribution in [2.75, 3.05) is 16.8 Å². The molecule has 1 aliphatic carbocycles. The van der Waals surface area contributed by atoms with Gasteiger partial charge in [-0.25, -0.2) is 18.3 Å². The SMILES string of the molecule is O[C@H]1C[C@H](c2cc(F)ccc2F)N(c2ccn3nc(F)c(NC(=S)N[C@@H]4C[C@H]4O)c3n2)C1. The first kappa shape index (κ1) is 20.9. The standard InChI is InChI=1S/C20H19F3N6O2S/c21-9-1-2-12(22)11(5-9)14-6-10(30)8-28(14)16-3-4-29-19(25-16)17(18(23)27-29)26-20(32)24-13-7-15(13)31/h1-5,10,13-15,30-31H,6-8H2,(H2,24,26,32)/t10-,13+,14+,15+/m0/s1. The number of benzene rings is 1. The Labute approximate surface area is 185 Å². The number of hydrogen-bond acceptors (Lipinski definition) is 6. The Morgan fingerprint density at radius 3 is 2.69 bits per heavy atom. The Morgan fingerprint density at radius 1 is 1.16 bits per heavy atom. The molecule has 8 nitrogen and oxygen atoms in total. The van der Waals surface area contributed by atoms with Crippen molar-refractivity contribution in [3.05, 3.63) is 53.6 Å². The topological polar surface area (TPSA) is 98.0 Å². The van der Waals surface area contributed by atoms with Crippen LogP contribution in [0.25, 0.3) is 5.65 Å². The number of β-amino-alcohol motifs (C(OH)–C–C–N with tert-alkyl or cyclic N) is 1. The Kier molecular flexibility index (Phi) is 5.14. The van der Waals surface area contributed by atoms with Crippen LogP contribution in [0.2, 0.25) is 0 Å². The summed E-state index contributed by atoms with van der Waals surface area (Å²) in [5, 5.41) is 29.1. The van der Waals surface area contributed by atoms with Crippen LogP contribution >= 0.6 is 12.2 Å². The molecule has 2 aromatic heterocycles. The fourth-order valence-electron chi connectivity index (χ4n) is 3.95. The van der Waals surface area contributed by atoms with E-state index >= 15 is 0 Å². The maximum absolute atomic E-state index is 14.5. The van der Waals surface area contributed by atoms with E-state index in [1.54, 1.807) is 11.0 Å². The summed E-state index contributed by atoms with van der Waals surface area (Å²) in [6.45, 7) is 0.142. The van der Waals surface area contributed by atoms with Crippen LogP contribution in [0.1, 0.15) is 24.4 Å². The van der Waals surface area contributed by atoms with Crippen molar-refractivity contribution >= 4 is 34.5 Å². The van der Waals surface area contributed by atoms with Gasteiger partial charge in [-0.1, -0.05) is 0 Å². The largest absolute Gasteiger partial charge is 0.391 e. The minimum Gasteiger partial charge on any atom is -0.391 e. The molecule has 1 aromatic carbocycles. The minimum absolute atomic E-state index is 0.0623. The summed E-state index contributed by atoms with van der Waals surface area (Å²) in [6, 6.07) is 3.90. The molecule has 5 rings (SSSR count). The molecule has 1 saturated carbocycles. The summed E-state index contributed by atoms with van der Waals surface area (Å²) in [5.41, 5.74) is 0.169. The summed E-state index contributed by atoms with van der Waals surface area (Å²) in [6.07, 6.45) is 0.952. The average Bonchev–Trinajstić information content (AvgIpc) is 3.15. The zero-order chi connectivity index (χ0) is 22.6. The van der Waals surface area contributed by atoms with E-state index in [4.69, 9.17) is 12.2 Å². The molecule has 2 aliphatic rings. The van der Waals surface area contributed by atoms with Crippen molar-refractivity contribution in [2.45, 2.75) is 37.1 Å². The Bertz CT molecular complexity index is 1210. The summed E-state index contributed by atoms with van der Waals surface area (Å²) >= 11 is 5.17. The number of aliphatic hydroxyl groups is 2. The first-order valence-corrected chi connectivity index (χ1v) is 10.4. The van der Waals surface area contributed by atoms with Crippen LogP contribution in [0.15, 0.2) is 30.5 Å². The van der Waals surface area contributed by atoms with E-state index in [-0.39, 0.29) is 41.0 Å². The quantitative estimate of drug-likeness (QED) is 0.435. The van der Waals surface area contributed by atoms with Crippen molar-refractivity contribution in [1.82, 2.24) is 19.9 Å². The first-order chi connectivity index (χ1) is 15.3. The van der Waals surface area contributed by atoms with E-state index < -0.39 is 35.8 Å². The molecule has 3 heterocycles. The molecule has 4 N–H and O–H groups in total. The van der Waals surface area contributed by atoms with E-state index in [9.17, 15) is 23.4 Å². The highest BCUT2D eigenvalue weighted by Crippen LogP contribution is 2.37. The van der Waals surface area contributed by atoms with Gasteiger partial charge in [-0.2, -0.15) is 4.39 Å². The van der Waals surface area contributed by atoms with Gasteiger partial charge < -0.3 is 25.7 Å². The highest BCUT2D eigenvalue weighted by atomic mass is 32.1. The molecular formula is C20H19F3N6O2S. The van der Waals surface area contributed by atoms with E-state index in [1.807, 2.05) is 0 Å². The Morgan fingerprint density at radius 2 is 1.94 bits per heavy atom. The fourth-order valence-corrected chi connectivity index (χ4v) is 4.20. The monoisotopic (exact) mass is 464 g/mol. The minimum atomic E-state index is -0.829. The van der Waals surface area contributed by atoms with Gasteiger partial charge in [0.25, 0.3) is 5.95 Å². The van der Waals surface area contributed by atoms with Gasteiger partial charge in [0.05, 0.1) is 24.3 Å². The number of hydrogen-bond donors (Lipinski definition) is 4. The number of aliphatic hydroxyl groups excluding tert-OH is 2. The van der Waals surface area contributed by atoms with Gasteiger partial charge >= 0.3 is 0 Å². The van der Waals surface area contributed by atoms with Crippen LogP contribution in [0.3, 0.4) is 0 Å². The highest BCUT2D eigenvalue weighted by Gasteiger charge is 2.37. The Balaban J connectivity index is 1.48. The summed E-state index contributed by atoms with van der Waals surface area (Å²) in [7, 11) is 0. The molecule has 0 spiro atoms. The summed E-state index contributed by atoms with van der Waals surface area (Å²) < 4.78 is 43.9. The summed E-state index contributed by atoms with van der Waals surface area (Å²) in [5.74, 6) is -1.67. The molecule has 0 bridgehead atoms. The van der Waals surface area contributed by atoms with E-state index in [0.717, 1.165) is 18.2 Å². The van der Waals surface area contributed by atoms with Crippen molar-refractivity contribution < 1.29 is 23.4 Å². The molecule has 0 radical (unpaired) electrons. The third-order valence-electron chi connectivity index (χ3n) is 5.63. The van der Waals surface area contributed by atoms with Crippen LogP contribution in [-0.2, 0) is 0 Å². The van der Waals surface area contributed by atoms with Gasteiger partial charge in [-0.15, -0.1) is 5.10 Å². The Hall–Kier alpha value is -2.96. The van der Waals surface area contributed by atoms with Gasteiger partial charge in [0.1, 0.15) is 23.1 Å². The van der Waals surface area contributed by atoms with Gasteiger partial charge in [0, 0.05) is 18.3 Å². The molecule has 0 unspecified atom stereocenters. The number of rotatable bonds is 4. The molecule has 32 heavy (non-hydrogen) atoms. The number of aromatic nitrogens is 3. The zero-order valence-electron chi connectivity index (χ0n) is 16.5. The number of fused-ring (bicyclic) bond motifs is 1.